The second-order valence-corrected chi connectivity index (χ2v) is 11.3. The number of anilines is 1. The fourth-order valence-electron chi connectivity index (χ4n) is 4.68. The van der Waals surface area contributed by atoms with Crippen molar-refractivity contribution in [3.63, 3.8) is 0 Å². The van der Waals surface area contributed by atoms with Crippen LogP contribution in [-0.2, 0) is 26.4 Å². The van der Waals surface area contributed by atoms with Gasteiger partial charge in [0, 0.05) is 37.9 Å². The zero-order valence-electron chi connectivity index (χ0n) is 18.9. The maximum Gasteiger partial charge on any atom is 0.250 e. The first-order chi connectivity index (χ1) is 15.8. The number of hydrogen-bond donors (Lipinski definition) is 1. The van der Waals surface area contributed by atoms with Gasteiger partial charge in [-0.15, -0.1) is 0 Å². The summed E-state index contributed by atoms with van der Waals surface area (Å²) >= 11 is 0. The second-order valence-electron chi connectivity index (χ2n) is 9.15. The maximum atomic E-state index is 13.4. The lowest BCUT2D eigenvalue weighted by molar-refractivity contribution is -0.120. The second kappa shape index (κ2) is 8.57. The zero-order valence-corrected chi connectivity index (χ0v) is 19.7. The summed E-state index contributed by atoms with van der Waals surface area (Å²) in [5, 5.41) is 12.0. The van der Waals surface area contributed by atoms with Crippen molar-refractivity contribution < 1.29 is 17.9 Å². The average Bonchev–Trinajstić information content (AvgIpc) is 3.47. The molecule has 1 aliphatic heterocycles. The van der Waals surface area contributed by atoms with E-state index in [-0.39, 0.29) is 11.2 Å². The predicted octanol–water partition coefficient (Wildman–Crippen LogP) is 3.01. The summed E-state index contributed by atoms with van der Waals surface area (Å²) < 4.78 is 35.1. The molecule has 5 rings (SSSR count). The van der Waals surface area contributed by atoms with E-state index >= 15 is 0 Å². The predicted molar refractivity (Wildman–Crippen MR) is 124 cm³/mol. The minimum absolute atomic E-state index is 0.211. The van der Waals surface area contributed by atoms with Gasteiger partial charge in [0.1, 0.15) is 6.04 Å². The van der Waals surface area contributed by atoms with Crippen LogP contribution < -0.4 is 5.32 Å². The number of carbonyl (C=O) groups is 1. The number of ether oxygens (including phenoxy) is 1. The van der Waals surface area contributed by atoms with Crippen LogP contribution in [0.2, 0.25) is 0 Å². The highest BCUT2D eigenvalue weighted by Crippen LogP contribution is 2.39. The van der Waals surface area contributed by atoms with Crippen LogP contribution in [0.4, 0.5) is 5.82 Å². The Hall–Kier alpha value is -2.72. The van der Waals surface area contributed by atoms with E-state index in [0.717, 1.165) is 12.8 Å². The van der Waals surface area contributed by atoms with Gasteiger partial charge in [0.2, 0.25) is 5.91 Å². The highest BCUT2D eigenvalue weighted by Gasteiger charge is 2.39. The Morgan fingerprint density at radius 2 is 1.97 bits per heavy atom. The molecule has 1 aliphatic carbocycles. The number of amides is 1. The molecule has 0 bridgehead atoms. The molecule has 1 saturated heterocycles. The number of aromatic nitrogens is 4. The van der Waals surface area contributed by atoms with Crippen molar-refractivity contribution in [2.45, 2.75) is 55.2 Å². The van der Waals surface area contributed by atoms with Crippen LogP contribution in [0.5, 0.6) is 0 Å². The first-order valence-corrected chi connectivity index (χ1v) is 13.0. The molecule has 0 radical (unpaired) electrons. The largest absolute Gasteiger partial charge is 0.381 e. The van der Waals surface area contributed by atoms with Crippen molar-refractivity contribution in [3.8, 4) is 0 Å². The number of nitrogens with one attached hydrogen (secondary N) is 1. The smallest absolute Gasteiger partial charge is 0.250 e. The van der Waals surface area contributed by atoms with Gasteiger partial charge < -0.3 is 10.1 Å². The van der Waals surface area contributed by atoms with Crippen molar-refractivity contribution in [2.24, 2.45) is 13.0 Å². The van der Waals surface area contributed by atoms with Crippen molar-refractivity contribution in [1.82, 2.24) is 19.6 Å². The van der Waals surface area contributed by atoms with Crippen LogP contribution >= 0.6 is 0 Å². The van der Waals surface area contributed by atoms with Gasteiger partial charge >= 0.3 is 0 Å². The SMILES string of the molecule is Cc1ccc2c(cnn2C(CC2CCOCC2)C(=O)Nc2ccn(C)n2)c1S(=O)(=O)C1CC1. The van der Waals surface area contributed by atoms with E-state index in [2.05, 4.69) is 15.5 Å². The summed E-state index contributed by atoms with van der Waals surface area (Å²) in [4.78, 5) is 13.8. The van der Waals surface area contributed by atoms with E-state index in [0.29, 0.717) is 65.6 Å². The Labute approximate surface area is 193 Å². The van der Waals surface area contributed by atoms with Gasteiger partial charge in [0.25, 0.3) is 0 Å². The molecule has 2 aromatic heterocycles. The normalized spacial score (nSPS) is 18.5. The summed E-state index contributed by atoms with van der Waals surface area (Å²) in [6.07, 6.45) is 7.13. The third-order valence-corrected chi connectivity index (χ3v) is 9.10. The molecule has 9 nitrogen and oxygen atoms in total. The van der Waals surface area contributed by atoms with Crippen LogP contribution in [0.15, 0.2) is 35.5 Å². The first-order valence-electron chi connectivity index (χ1n) is 11.4. The number of fused-ring (bicyclic) bond motifs is 1. The monoisotopic (exact) mass is 471 g/mol. The number of nitrogens with zero attached hydrogens (tertiary/aromatic N) is 4. The minimum atomic E-state index is -3.41. The van der Waals surface area contributed by atoms with Crippen LogP contribution in [0, 0.1) is 12.8 Å². The van der Waals surface area contributed by atoms with Gasteiger partial charge in [0.05, 0.1) is 21.9 Å². The van der Waals surface area contributed by atoms with Gasteiger partial charge in [-0.1, -0.05) is 6.07 Å². The topological polar surface area (TPSA) is 108 Å². The molecule has 1 amide bonds. The molecule has 0 spiro atoms. The molecular weight excluding hydrogens is 442 g/mol. The third-order valence-electron chi connectivity index (χ3n) is 6.64. The third kappa shape index (κ3) is 4.29. The molecule has 1 unspecified atom stereocenters. The summed E-state index contributed by atoms with van der Waals surface area (Å²) in [5.74, 6) is 0.582. The molecule has 176 valence electrons. The molecule has 1 saturated carbocycles. The van der Waals surface area contributed by atoms with Gasteiger partial charge in [-0.3, -0.25) is 14.2 Å². The molecule has 3 aromatic rings. The quantitative estimate of drug-likeness (QED) is 0.568. The lowest BCUT2D eigenvalue weighted by Crippen LogP contribution is -2.30. The fourth-order valence-corrected chi connectivity index (χ4v) is 6.75. The first kappa shape index (κ1) is 22.1. The van der Waals surface area contributed by atoms with E-state index in [4.69, 9.17) is 4.74 Å². The molecule has 33 heavy (non-hydrogen) atoms. The van der Waals surface area contributed by atoms with Crippen molar-refractivity contribution >= 4 is 32.5 Å². The van der Waals surface area contributed by atoms with Gasteiger partial charge in [-0.2, -0.15) is 10.2 Å². The summed E-state index contributed by atoms with van der Waals surface area (Å²) in [7, 11) is -1.62. The Bertz CT molecular complexity index is 1290. The minimum Gasteiger partial charge on any atom is -0.381 e. The Balaban J connectivity index is 1.55. The lowest BCUT2D eigenvalue weighted by Gasteiger charge is -2.26. The molecule has 1 N–H and O–H groups in total. The van der Waals surface area contributed by atoms with Crippen molar-refractivity contribution in [3.05, 3.63) is 36.2 Å². The highest BCUT2D eigenvalue weighted by molar-refractivity contribution is 7.92. The molecule has 2 aliphatic rings. The van der Waals surface area contributed by atoms with Crippen molar-refractivity contribution in [1.29, 1.82) is 0 Å². The standard InChI is InChI=1S/C23H29N5O4S/c1-15-3-6-19-18(22(15)33(30,31)17-4-5-17)14-24-28(19)20(13-16-8-11-32-12-9-16)23(29)25-21-7-10-27(2)26-21/h3,6-7,10,14,16-17,20H,4-5,8-9,11-13H2,1-2H3,(H,25,26,29). The van der Waals surface area contributed by atoms with E-state index in [1.807, 2.05) is 19.1 Å². The molecule has 1 atom stereocenters. The number of hydrogen-bond acceptors (Lipinski definition) is 6. The molecule has 3 heterocycles. The van der Waals surface area contributed by atoms with E-state index in [1.165, 1.54) is 0 Å². The molecule has 2 fully saturated rings. The maximum absolute atomic E-state index is 13.4. The van der Waals surface area contributed by atoms with Gasteiger partial charge in [-0.05, 0) is 56.6 Å². The van der Waals surface area contributed by atoms with E-state index in [1.54, 1.807) is 34.9 Å². The average molecular weight is 472 g/mol. The Morgan fingerprint density at radius 3 is 2.64 bits per heavy atom. The summed E-state index contributed by atoms with van der Waals surface area (Å²) in [6, 6.07) is 4.84. The van der Waals surface area contributed by atoms with Crippen LogP contribution in [0.3, 0.4) is 0 Å². The number of rotatable bonds is 7. The van der Waals surface area contributed by atoms with Crippen LogP contribution in [-0.4, -0.2) is 52.3 Å². The number of benzene rings is 1. The molecule has 1 aromatic carbocycles. The summed E-state index contributed by atoms with van der Waals surface area (Å²) in [5.41, 5.74) is 1.38. The van der Waals surface area contributed by atoms with Gasteiger partial charge in [0.15, 0.2) is 15.7 Å². The van der Waals surface area contributed by atoms with Crippen LogP contribution in [0.25, 0.3) is 10.9 Å². The van der Waals surface area contributed by atoms with Crippen molar-refractivity contribution in [2.75, 3.05) is 18.5 Å². The fraction of sp³-hybridized carbons (Fsp3) is 0.522. The number of aryl methyl sites for hydroxylation is 2. The summed E-state index contributed by atoms with van der Waals surface area (Å²) in [6.45, 7) is 3.18. The highest BCUT2D eigenvalue weighted by atomic mass is 32.2. The Morgan fingerprint density at radius 1 is 1.21 bits per heavy atom. The van der Waals surface area contributed by atoms with Crippen LogP contribution in [0.1, 0.15) is 43.7 Å². The number of carbonyl (C=O) groups excluding carboxylic acids is 1. The lowest BCUT2D eigenvalue weighted by atomic mass is 9.92. The van der Waals surface area contributed by atoms with E-state index < -0.39 is 15.9 Å². The molecular formula is C23H29N5O4S. The van der Waals surface area contributed by atoms with E-state index in [9.17, 15) is 13.2 Å². The van der Waals surface area contributed by atoms with Gasteiger partial charge in [-0.25, -0.2) is 8.42 Å². The number of sulfone groups is 1. The Kier molecular flexibility index (Phi) is 5.74. The molecule has 10 heteroatoms. The zero-order chi connectivity index (χ0) is 23.2.